The molecule has 0 spiro atoms. The Bertz CT molecular complexity index is 766. The summed E-state index contributed by atoms with van der Waals surface area (Å²) in [7, 11) is 0. The van der Waals surface area contributed by atoms with E-state index in [1.807, 2.05) is 6.92 Å². The van der Waals surface area contributed by atoms with E-state index < -0.39 is 17.3 Å². The van der Waals surface area contributed by atoms with Crippen LogP contribution in [0.25, 0.3) is 0 Å². The van der Waals surface area contributed by atoms with Crippen molar-refractivity contribution in [1.82, 2.24) is 10.6 Å². The molecule has 162 valence electrons. The molecule has 1 aromatic heterocycles. The number of furan rings is 1. The lowest BCUT2D eigenvalue weighted by Crippen LogP contribution is -2.40. The van der Waals surface area contributed by atoms with Crippen molar-refractivity contribution in [1.29, 1.82) is 0 Å². The lowest BCUT2D eigenvalue weighted by atomic mass is 10.0. The number of ether oxygens (including phenoxy) is 1. The quantitative estimate of drug-likeness (QED) is 0.211. The van der Waals surface area contributed by atoms with E-state index in [9.17, 15) is 18.3 Å². The molecule has 6 nitrogen and oxygen atoms in total. The zero-order chi connectivity index (χ0) is 20.6. The topological polar surface area (TPSA) is 79.0 Å². The zero-order valence-electron chi connectivity index (χ0n) is 16.1. The molecule has 1 atom stereocenters. The maximum atomic E-state index is 13.0. The molecule has 1 heterocycles. The number of hydrogen-bond acceptors (Lipinski definition) is 4. The molecular formula is C19H25F3IN3O3. The zero-order valence-corrected chi connectivity index (χ0v) is 18.5. The summed E-state index contributed by atoms with van der Waals surface area (Å²) in [5.74, 6) is 0.570. The molecule has 2 aromatic rings. The number of nitrogens with one attached hydrogen (secondary N) is 2. The maximum absolute atomic E-state index is 13.0. The molecule has 0 aliphatic rings. The Morgan fingerprint density at radius 3 is 2.52 bits per heavy atom. The summed E-state index contributed by atoms with van der Waals surface area (Å²) in [5, 5.41) is 16.4. The minimum atomic E-state index is -4.47. The summed E-state index contributed by atoms with van der Waals surface area (Å²) in [5.41, 5.74) is -2.10. The van der Waals surface area contributed by atoms with Crippen LogP contribution in [0.1, 0.15) is 25.2 Å². The molecule has 0 fully saturated rings. The lowest BCUT2D eigenvalue weighted by molar-refractivity contribution is -0.138. The number of para-hydroxylation sites is 1. The van der Waals surface area contributed by atoms with Gasteiger partial charge in [-0.1, -0.05) is 12.1 Å². The number of halogens is 4. The van der Waals surface area contributed by atoms with Gasteiger partial charge in [0.15, 0.2) is 5.96 Å². The molecule has 0 aliphatic heterocycles. The molecule has 0 bridgehead atoms. The fourth-order valence-corrected chi connectivity index (χ4v) is 2.39. The number of hydrogen-bond donors (Lipinski definition) is 3. The van der Waals surface area contributed by atoms with Crippen LogP contribution < -0.4 is 15.4 Å². The van der Waals surface area contributed by atoms with Gasteiger partial charge in [-0.05, 0) is 38.1 Å². The van der Waals surface area contributed by atoms with Crippen molar-refractivity contribution in [3.05, 3.63) is 54.0 Å². The van der Waals surface area contributed by atoms with Crippen LogP contribution >= 0.6 is 24.0 Å². The van der Waals surface area contributed by atoms with Gasteiger partial charge >= 0.3 is 6.18 Å². The average Bonchev–Trinajstić information content (AvgIpc) is 3.18. The van der Waals surface area contributed by atoms with E-state index in [0.29, 0.717) is 18.3 Å². The molecule has 0 radical (unpaired) electrons. The normalized spacial score (nSPS) is 13.9. The highest BCUT2D eigenvalue weighted by atomic mass is 127. The first kappa shape index (κ1) is 25.1. The fourth-order valence-electron chi connectivity index (χ4n) is 2.39. The Hall–Kier alpha value is -1.95. The molecule has 1 unspecified atom stereocenters. The smallest absolute Gasteiger partial charge is 0.419 e. The summed E-state index contributed by atoms with van der Waals surface area (Å²) in [4.78, 5) is 4.29. The third kappa shape index (κ3) is 7.77. The first-order valence-electron chi connectivity index (χ1n) is 8.81. The van der Waals surface area contributed by atoms with E-state index in [1.165, 1.54) is 24.5 Å². The SMILES string of the molecule is CCNC(=NCC(C)(O)c1ccco1)NCCOc1ccccc1C(F)(F)F.I. The van der Waals surface area contributed by atoms with Crippen molar-refractivity contribution in [3.63, 3.8) is 0 Å². The summed E-state index contributed by atoms with van der Waals surface area (Å²) < 4.78 is 49.3. The van der Waals surface area contributed by atoms with E-state index in [0.717, 1.165) is 6.07 Å². The number of nitrogens with zero attached hydrogens (tertiary/aromatic N) is 1. The Morgan fingerprint density at radius 2 is 1.90 bits per heavy atom. The van der Waals surface area contributed by atoms with Crippen LogP contribution in [0, 0.1) is 0 Å². The maximum Gasteiger partial charge on any atom is 0.419 e. The fraction of sp³-hybridized carbons (Fsp3) is 0.421. The summed E-state index contributed by atoms with van der Waals surface area (Å²) >= 11 is 0. The third-order valence-corrected chi connectivity index (χ3v) is 3.79. The highest BCUT2D eigenvalue weighted by Crippen LogP contribution is 2.35. The van der Waals surface area contributed by atoms with Crippen molar-refractivity contribution in [2.45, 2.75) is 25.6 Å². The standard InChI is InChI=1S/C19H24F3N3O3.HI/c1-3-23-17(25-13-18(2,26)16-9-6-11-28-16)24-10-12-27-15-8-5-4-7-14(15)19(20,21)22;/h4-9,11,26H,3,10,12-13H2,1-2H3,(H2,23,24,25);1H. The van der Waals surface area contributed by atoms with E-state index >= 15 is 0 Å². The van der Waals surface area contributed by atoms with Crippen LogP contribution in [0.15, 0.2) is 52.1 Å². The Balaban J connectivity index is 0.00000420. The van der Waals surface area contributed by atoms with Crippen LogP contribution in [0.3, 0.4) is 0 Å². The molecule has 0 amide bonds. The monoisotopic (exact) mass is 527 g/mol. The molecule has 10 heteroatoms. The van der Waals surface area contributed by atoms with Gasteiger partial charge in [0.25, 0.3) is 0 Å². The van der Waals surface area contributed by atoms with Gasteiger partial charge in [0.1, 0.15) is 23.7 Å². The molecule has 0 aliphatic carbocycles. The van der Waals surface area contributed by atoms with Gasteiger partial charge in [0.2, 0.25) is 0 Å². The Kier molecular flexibility index (Phi) is 9.77. The number of alkyl halides is 3. The number of rotatable bonds is 8. The number of aliphatic hydroxyl groups is 1. The molecule has 1 aromatic carbocycles. The van der Waals surface area contributed by atoms with Crippen molar-refractivity contribution >= 4 is 29.9 Å². The second-order valence-corrected chi connectivity index (χ2v) is 6.22. The molecule has 0 saturated carbocycles. The molecule has 2 rings (SSSR count). The van der Waals surface area contributed by atoms with Gasteiger partial charge in [-0.2, -0.15) is 13.2 Å². The minimum Gasteiger partial charge on any atom is -0.491 e. The van der Waals surface area contributed by atoms with Crippen LogP contribution in [0.2, 0.25) is 0 Å². The summed E-state index contributed by atoms with van der Waals surface area (Å²) in [6, 6.07) is 8.39. The highest BCUT2D eigenvalue weighted by Gasteiger charge is 2.34. The Labute approximate surface area is 184 Å². The van der Waals surface area contributed by atoms with E-state index in [-0.39, 0.29) is 49.4 Å². The van der Waals surface area contributed by atoms with Gasteiger partial charge in [0, 0.05) is 6.54 Å². The van der Waals surface area contributed by atoms with E-state index in [1.54, 1.807) is 19.1 Å². The predicted molar refractivity (Wildman–Crippen MR) is 115 cm³/mol. The Morgan fingerprint density at radius 1 is 1.17 bits per heavy atom. The molecule has 0 saturated heterocycles. The van der Waals surface area contributed by atoms with Crippen molar-refractivity contribution in [3.8, 4) is 5.75 Å². The average molecular weight is 527 g/mol. The highest BCUT2D eigenvalue weighted by molar-refractivity contribution is 14.0. The van der Waals surface area contributed by atoms with Gasteiger partial charge in [-0.3, -0.25) is 0 Å². The van der Waals surface area contributed by atoms with Crippen LogP contribution in [-0.2, 0) is 11.8 Å². The summed E-state index contributed by atoms with van der Waals surface area (Å²) in [6.45, 7) is 4.29. The summed E-state index contributed by atoms with van der Waals surface area (Å²) in [6.07, 6.45) is -3.01. The van der Waals surface area contributed by atoms with Gasteiger partial charge in [0.05, 0.1) is 24.9 Å². The van der Waals surface area contributed by atoms with E-state index in [2.05, 4.69) is 15.6 Å². The van der Waals surface area contributed by atoms with E-state index in [4.69, 9.17) is 9.15 Å². The molecule has 29 heavy (non-hydrogen) atoms. The van der Waals surface area contributed by atoms with Crippen LogP contribution in [0.5, 0.6) is 5.75 Å². The van der Waals surface area contributed by atoms with Crippen molar-refractivity contribution in [2.24, 2.45) is 4.99 Å². The first-order chi connectivity index (χ1) is 13.2. The van der Waals surface area contributed by atoms with Crippen LogP contribution in [0.4, 0.5) is 13.2 Å². The largest absolute Gasteiger partial charge is 0.491 e. The van der Waals surface area contributed by atoms with Crippen LogP contribution in [-0.4, -0.2) is 37.3 Å². The number of aliphatic imine (C=N–C) groups is 1. The molecular weight excluding hydrogens is 502 g/mol. The second-order valence-electron chi connectivity index (χ2n) is 6.22. The van der Waals surface area contributed by atoms with Gasteiger partial charge in [-0.15, -0.1) is 24.0 Å². The third-order valence-electron chi connectivity index (χ3n) is 3.79. The first-order valence-corrected chi connectivity index (χ1v) is 8.81. The number of benzene rings is 1. The predicted octanol–water partition coefficient (Wildman–Crippen LogP) is 3.76. The molecule has 3 N–H and O–H groups in total. The minimum absolute atomic E-state index is 0. The van der Waals surface area contributed by atoms with Gasteiger partial charge < -0.3 is 24.9 Å². The number of guanidine groups is 1. The van der Waals surface area contributed by atoms with Gasteiger partial charge in [-0.25, -0.2) is 4.99 Å². The lowest BCUT2D eigenvalue weighted by Gasteiger charge is -2.19. The van der Waals surface area contributed by atoms with Crippen molar-refractivity contribution < 1.29 is 27.4 Å². The van der Waals surface area contributed by atoms with Crippen molar-refractivity contribution in [2.75, 3.05) is 26.2 Å². The second kappa shape index (κ2) is 11.3.